The van der Waals surface area contributed by atoms with Gasteiger partial charge in [0, 0.05) is 23.6 Å². The van der Waals surface area contributed by atoms with Crippen molar-refractivity contribution in [3.05, 3.63) is 47.3 Å². The van der Waals surface area contributed by atoms with Gasteiger partial charge in [-0.1, -0.05) is 17.3 Å². The summed E-state index contributed by atoms with van der Waals surface area (Å²) in [6.07, 6.45) is 1.44. The number of aryl methyl sites for hydroxylation is 1. The number of hydrogen-bond acceptors (Lipinski definition) is 5. The average Bonchev–Trinajstić information content (AvgIpc) is 2.96. The first kappa shape index (κ1) is 17.6. The summed E-state index contributed by atoms with van der Waals surface area (Å²) >= 11 is 1.55. The number of aromatic nitrogens is 1. The van der Waals surface area contributed by atoms with Gasteiger partial charge in [0.2, 0.25) is 0 Å². The van der Waals surface area contributed by atoms with E-state index in [0.29, 0.717) is 17.7 Å². The molecule has 0 spiro atoms. The molecule has 0 aliphatic carbocycles. The summed E-state index contributed by atoms with van der Waals surface area (Å²) in [7, 11) is 0. The second-order valence-electron chi connectivity index (χ2n) is 5.46. The number of carbonyl (C=O) groups is 1. The van der Waals surface area contributed by atoms with Gasteiger partial charge >= 0.3 is 0 Å². The van der Waals surface area contributed by atoms with Crippen molar-refractivity contribution in [3.8, 4) is 0 Å². The summed E-state index contributed by atoms with van der Waals surface area (Å²) in [6, 6.07) is 9.45. The van der Waals surface area contributed by atoms with Crippen LogP contribution < -0.4 is 5.32 Å². The average molecular weight is 334 g/mol. The second-order valence-corrected chi connectivity index (χ2v) is 6.48. The Bertz CT molecular complexity index is 642. The van der Waals surface area contributed by atoms with E-state index in [9.17, 15) is 4.79 Å². The van der Waals surface area contributed by atoms with Crippen molar-refractivity contribution >= 4 is 17.7 Å². The predicted octanol–water partition coefficient (Wildman–Crippen LogP) is 3.17. The van der Waals surface area contributed by atoms with E-state index < -0.39 is 0 Å². The number of aliphatic hydroxyl groups is 1. The molecule has 1 heterocycles. The van der Waals surface area contributed by atoms with Gasteiger partial charge < -0.3 is 14.9 Å². The first-order valence-corrected chi connectivity index (χ1v) is 8.64. The number of amides is 1. The van der Waals surface area contributed by atoms with Crippen LogP contribution in [0.25, 0.3) is 0 Å². The van der Waals surface area contributed by atoms with Gasteiger partial charge in [0.05, 0.1) is 17.0 Å². The number of thioether (sulfide) groups is 1. The largest absolute Gasteiger partial charge is 0.396 e. The summed E-state index contributed by atoms with van der Waals surface area (Å²) in [5, 5.41) is 15.7. The quantitative estimate of drug-likeness (QED) is 0.725. The lowest BCUT2D eigenvalue weighted by molar-refractivity contribution is 0.0933. The highest BCUT2D eigenvalue weighted by molar-refractivity contribution is 7.98. The molecule has 0 bridgehead atoms. The number of aliphatic hydroxyl groups excluding tert-OH is 1. The van der Waals surface area contributed by atoms with Gasteiger partial charge in [0.1, 0.15) is 5.76 Å². The standard InChI is InChI=1S/C17H22N2O3S/c1-12(6-5-9-20)18-17(21)15-7-3-4-8-16(15)23-11-14-10-13(2)19-22-14/h3-4,7-8,10,12,20H,5-6,9,11H2,1-2H3,(H,18,21). The fraction of sp³-hybridized carbons (Fsp3) is 0.412. The van der Waals surface area contributed by atoms with E-state index in [1.54, 1.807) is 11.8 Å². The van der Waals surface area contributed by atoms with Gasteiger partial charge in [-0.05, 0) is 38.8 Å². The van der Waals surface area contributed by atoms with Crippen LogP contribution in [0.4, 0.5) is 0 Å². The molecule has 2 N–H and O–H groups in total. The molecule has 1 atom stereocenters. The number of nitrogens with one attached hydrogen (secondary N) is 1. The molecule has 1 aromatic heterocycles. The van der Waals surface area contributed by atoms with Crippen molar-refractivity contribution in [1.29, 1.82) is 0 Å². The summed E-state index contributed by atoms with van der Waals surface area (Å²) in [6.45, 7) is 3.97. The van der Waals surface area contributed by atoms with Crippen LogP contribution in [-0.4, -0.2) is 28.8 Å². The van der Waals surface area contributed by atoms with Crippen LogP contribution in [0.5, 0.6) is 0 Å². The summed E-state index contributed by atoms with van der Waals surface area (Å²) < 4.78 is 5.20. The summed E-state index contributed by atoms with van der Waals surface area (Å²) in [5.41, 5.74) is 1.51. The van der Waals surface area contributed by atoms with Crippen molar-refractivity contribution in [1.82, 2.24) is 10.5 Å². The van der Waals surface area contributed by atoms with Gasteiger partial charge in [-0.15, -0.1) is 11.8 Å². The predicted molar refractivity (Wildman–Crippen MR) is 90.5 cm³/mol. The molecule has 6 heteroatoms. The molecule has 2 aromatic rings. The third-order valence-electron chi connectivity index (χ3n) is 3.35. The Balaban J connectivity index is 2.00. The van der Waals surface area contributed by atoms with Crippen LogP contribution in [0.2, 0.25) is 0 Å². The Morgan fingerprint density at radius 3 is 2.91 bits per heavy atom. The lowest BCUT2D eigenvalue weighted by atomic mass is 10.1. The Kier molecular flexibility index (Phi) is 6.67. The Morgan fingerprint density at radius 1 is 1.43 bits per heavy atom. The van der Waals surface area contributed by atoms with Crippen LogP contribution in [0.1, 0.15) is 41.6 Å². The van der Waals surface area contributed by atoms with Gasteiger partial charge in [0.25, 0.3) is 5.91 Å². The fourth-order valence-electron chi connectivity index (χ4n) is 2.18. The van der Waals surface area contributed by atoms with Gasteiger partial charge in [-0.25, -0.2) is 0 Å². The Hall–Kier alpha value is -1.79. The second kappa shape index (κ2) is 8.74. The topological polar surface area (TPSA) is 75.4 Å². The van der Waals surface area contributed by atoms with Crippen molar-refractivity contribution in [2.75, 3.05) is 6.61 Å². The van der Waals surface area contributed by atoms with E-state index >= 15 is 0 Å². The first-order chi connectivity index (χ1) is 11.1. The zero-order valence-corrected chi connectivity index (χ0v) is 14.2. The lowest BCUT2D eigenvalue weighted by Crippen LogP contribution is -2.33. The zero-order valence-electron chi connectivity index (χ0n) is 13.4. The molecule has 1 unspecified atom stereocenters. The van der Waals surface area contributed by atoms with Gasteiger partial charge in [-0.2, -0.15) is 0 Å². The lowest BCUT2D eigenvalue weighted by Gasteiger charge is -2.15. The monoisotopic (exact) mass is 334 g/mol. The number of carbonyl (C=O) groups excluding carboxylic acids is 1. The minimum absolute atomic E-state index is 0.0321. The molecule has 23 heavy (non-hydrogen) atoms. The number of nitrogens with zero attached hydrogens (tertiary/aromatic N) is 1. The maximum Gasteiger partial charge on any atom is 0.252 e. The maximum absolute atomic E-state index is 12.4. The molecule has 0 aliphatic rings. The van der Waals surface area contributed by atoms with Crippen LogP contribution in [0.15, 0.2) is 39.8 Å². The molecule has 0 saturated heterocycles. The molecular weight excluding hydrogens is 312 g/mol. The molecule has 5 nitrogen and oxygen atoms in total. The number of benzene rings is 1. The van der Waals surface area contributed by atoms with Crippen molar-refractivity contribution in [2.45, 2.75) is 43.4 Å². The van der Waals surface area contributed by atoms with E-state index in [1.807, 2.05) is 44.2 Å². The molecule has 0 aliphatic heterocycles. The van der Waals surface area contributed by atoms with E-state index in [-0.39, 0.29) is 18.6 Å². The van der Waals surface area contributed by atoms with Gasteiger partial charge in [-0.3, -0.25) is 4.79 Å². The Morgan fingerprint density at radius 2 is 2.22 bits per heavy atom. The van der Waals surface area contributed by atoms with Crippen molar-refractivity contribution in [2.24, 2.45) is 0 Å². The molecule has 1 aromatic carbocycles. The molecular formula is C17H22N2O3S. The van der Waals surface area contributed by atoms with Crippen LogP contribution in [-0.2, 0) is 5.75 Å². The van der Waals surface area contributed by atoms with Crippen LogP contribution in [0.3, 0.4) is 0 Å². The number of hydrogen-bond donors (Lipinski definition) is 2. The Labute approximate surface area is 140 Å². The van der Waals surface area contributed by atoms with Crippen LogP contribution in [0, 0.1) is 6.92 Å². The van der Waals surface area contributed by atoms with E-state index in [1.165, 1.54) is 0 Å². The molecule has 2 rings (SSSR count). The highest BCUT2D eigenvalue weighted by Gasteiger charge is 2.14. The SMILES string of the molecule is Cc1cc(CSc2ccccc2C(=O)NC(C)CCCO)on1. The normalized spacial score (nSPS) is 12.1. The molecule has 0 radical (unpaired) electrons. The van der Waals surface area contributed by atoms with E-state index in [4.69, 9.17) is 9.63 Å². The van der Waals surface area contributed by atoms with Crippen molar-refractivity contribution < 1.29 is 14.4 Å². The third kappa shape index (κ3) is 5.41. The first-order valence-electron chi connectivity index (χ1n) is 7.66. The summed E-state index contributed by atoms with van der Waals surface area (Å²) in [4.78, 5) is 13.3. The minimum atomic E-state index is -0.0905. The fourth-order valence-corrected chi connectivity index (χ4v) is 3.11. The minimum Gasteiger partial charge on any atom is -0.396 e. The van der Waals surface area contributed by atoms with Crippen LogP contribution >= 0.6 is 11.8 Å². The zero-order chi connectivity index (χ0) is 16.7. The van der Waals surface area contributed by atoms with E-state index in [0.717, 1.165) is 22.8 Å². The third-order valence-corrected chi connectivity index (χ3v) is 4.45. The van der Waals surface area contributed by atoms with Gasteiger partial charge in [0.15, 0.2) is 0 Å². The van der Waals surface area contributed by atoms with Crippen molar-refractivity contribution in [3.63, 3.8) is 0 Å². The smallest absolute Gasteiger partial charge is 0.252 e. The molecule has 0 saturated carbocycles. The highest BCUT2D eigenvalue weighted by Crippen LogP contribution is 2.26. The maximum atomic E-state index is 12.4. The van der Waals surface area contributed by atoms with E-state index in [2.05, 4.69) is 10.5 Å². The number of rotatable bonds is 8. The molecule has 124 valence electrons. The molecule has 1 amide bonds. The summed E-state index contributed by atoms with van der Waals surface area (Å²) in [5.74, 6) is 1.33. The highest BCUT2D eigenvalue weighted by atomic mass is 32.2. The molecule has 0 fully saturated rings.